The van der Waals surface area contributed by atoms with E-state index in [0.29, 0.717) is 0 Å². The number of aromatic nitrogens is 1. The highest BCUT2D eigenvalue weighted by Gasteiger charge is 2.06. The summed E-state index contributed by atoms with van der Waals surface area (Å²) in [5.74, 6) is 0.886. The van der Waals surface area contributed by atoms with Gasteiger partial charge in [-0.15, -0.1) is 0 Å². The summed E-state index contributed by atoms with van der Waals surface area (Å²) in [6, 6.07) is 10.6. The zero-order valence-corrected chi connectivity index (χ0v) is 8.73. The van der Waals surface area contributed by atoms with E-state index in [4.69, 9.17) is 10.2 Å². The number of nitrogens with two attached hydrogens (primary N) is 1. The van der Waals surface area contributed by atoms with Crippen LogP contribution in [0.5, 0.6) is 0 Å². The Hall–Kier alpha value is -1.77. The number of nitrogens with zero attached hydrogens (tertiary/aromatic N) is 1. The highest BCUT2D eigenvalue weighted by molar-refractivity contribution is 5.21. The van der Waals surface area contributed by atoms with Crippen LogP contribution in [0.1, 0.15) is 17.0 Å². The lowest BCUT2D eigenvalue weighted by Gasteiger charge is -1.98. The lowest BCUT2D eigenvalue weighted by molar-refractivity contribution is 0.519. The summed E-state index contributed by atoms with van der Waals surface area (Å²) in [6.07, 6.45) is 1.80. The van der Waals surface area contributed by atoms with E-state index >= 15 is 0 Å². The molecule has 0 unspecified atom stereocenters. The molecule has 0 bridgehead atoms. The Balaban J connectivity index is 2.02. The summed E-state index contributed by atoms with van der Waals surface area (Å²) >= 11 is 0. The van der Waals surface area contributed by atoms with Crippen LogP contribution in [0.3, 0.4) is 0 Å². The number of hydrogen-bond acceptors (Lipinski definition) is 3. The number of benzene rings is 1. The summed E-state index contributed by atoms with van der Waals surface area (Å²) in [5.41, 5.74) is 7.66. The molecule has 0 spiro atoms. The Bertz CT molecular complexity index is 434. The standard InChI is InChI=1S/C12H14N2O/c1-9-11(15-12(13)14-9)8-7-10-5-3-2-4-6-10/h2-6H,7-8H2,1H3,(H2,13,14). The van der Waals surface area contributed by atoms with Gasteiger partial charge in [-0.3, -0.25) is 0 Å². The van der Waals surface area contributed by atoms with Crippen LogP contribution in [0, 0.1) is 6.92 Å². The van der Waals surface area contributed by atoms with E-state index in [9.17, 15) is 0 Å². The first kappa shape index (κ1) is 9.77. The van der Waals surface area contributed by atoms with Crippen molar-refractivity contribution in [2.45, 2.75) is 19.8 Å². The molecule has 0 radical (unpaired) electrons. The summed E-state index contributed by atoms with van der Waals surface area (Å²) in [7, 11) is 0. The van der Waals surface area contributed by atoms with E-state index in [-0.39, 0.29) is 6.01 Å². The number of nitrogen functional groups attached to an aromatic ring is 1. The third-order valence-corrected chi connectivity index (χ3v) is 2.39. The van der Waals surface area contributed by atoms with Gasteiger partial charge < -0.3 is 10.2 Å². The second-order valence-corrected chi connectivity index (χ2v) is 3.55. The average molecular weight is 202 g/mol. The quantitative estimate of drug-likeness (QED) is 0.831. The largest absolute Gasteiger partial charge is 0.429 e. The molecule has 0 amide bonds. The molecule has 0 saturated heterocycles. The first-order chi connectivity index (χ1) is 7.25. The summed E-state index contributed by atoms with van der Waals surface area (Å²) in [5, 5.41) is 0. The molecular formula is C12H14N2O. The maximum atomic E-state index is 5.47. The lowest BCUT2D eigenvalue weighted by Crippen LogP contribution is -1.91. The van der Waals surface area contributed by atoms with Crippen LogP contribution in [0.4, 0.5) is 6.01 Å². The van der Waals surface area contributed by atoms with Crippen LogP contribution in [-0.4, -0.2) is 4.98 Å². The van der Waals surface area contributed by atoms with E-state index in [1.165, 1.54) is 5.56 Å². The predicted molar refractivity (Wildman–Crippen MR) is 59.5 cm³/mol. The first-order valence-corrected chi connectivity index (χ1v) is 5.01. The molecule has 3 heteroatoms. The van der Waals surface area contributed by atoms with Crippen molar-refractivity contribution in [1.29, 1.82) is 0 Å². The third kappa shape index (κ3) is 2.37. The van der Waals surface area contributed by atoms with E-state index in [0.717, 1.165) is 24.3 Å². The van der Waals surface area contributed by atoms with Gasteiger partial charge in [0.05, 0.1) is 5.69 Å². The van der Waals surface area contributed by atoms with E-state index in [2.05, 4.69) is 17.1 Å². The summed E-state index contributed by atoms with van der Waals surface area (Å²) in [6.45, 7) is 1.92. The van der Waals surface area contributed by atoms with E-state index in [1.54, 1.807) is 0 Å². The molecule has 1 aromatic carbocycles. The minimum absolute atomic E-state index is 0.260. The topological polar surface area (TPSA) is 52.0 Å². The van der Waals surface area contributed by atoms with Gasteiger partial charge in [0.15, 0.2) is 0 Å². The van der Waals surface area contributed by atoms with Crippen molar-refractivity contribution in [1.82, 2.24) is 4.98 Å². The zero-order valence-electron chi connectivity index (χ0n) is 8.73. The SMILES string of the molecule is Cc1nc(N)oc1CCc1ccccc1. The first-order valence-electron chi connectivity index (χ1n) is 5.01. The van der Waals surface area contributed by atoms with Crippen molar-refractivity contribution in [3.8, 4) is 0 Å². The molecule has 1 aromatic heterocycles. The molecule has 1 heterocycles. The molecule has 2 rings (SSSR count). The van der Waals surface area contributed by atoms with Crippen molar-refractivity contribution in [3.63, 3.8) is 0 Å². The number of oxazole rings is 1. The fourth-order valence-corrected chi connectivity index (χ4v) is 1.59. The van der Waals surface area contributed by atoms with Crippen LogP contribution in [0.25, 0.3) is 0 Å². The summed E-state index contributed by atoms with van der Waals surface area (Å²) in [4.78, 5) is 4.03. The van der Waals surface area contributed by atoms with Gasteiger partial charge in [0.1, 0.15) is 5.76 Å². The fraction of sp³-hybridized carbons (Fsp3) is 0.250. The molecule has 0 aliphatic carbocycles. The highest BCUT2D eigenvalue weighted by atomic mass is 16.4. The van der Waals surface area contributed by atoms with Crippen LogP contribution in [0.2, 0.25) is 0 Å². The van der Waals surface area contributed by atoms with Crippen molar-refractivity contribution < 1.29 is 4.42 Å². The molecule has 3 nitrogen and oxygen atoms in total. The highest BCUT2D eigenvalue weighted by Crippen LogP contribution is 2.14. The second-order valence-electron chi connectivity index (χ2n) is 3.55. The van der Waals surface area contributed by atoms with E-state index in [1.807, 2.05) is 25.1 Å². The molecule has 0 atom stereocenters. The fourth-order valence-electron chi connectivity index (χ4n) is 1.59. The minimum atomic E-state index is 0.260. The predicted octanol–water partition coefficient (Wildman–Crippen LogP) is 2.35. The molecule has 0 fully saturated rings. The minimum Gasteiger partial charge on any atom is -0.429 e. The van der Waals surface area contributed by atoms with Crippen LogP contribution in [-0.2, 0) is 12.8 Å². The van der Waals surface area contributed by atoms with Gasteiger partial charge in [-0.1, -0.05) is 30.3 Å². The molecule has 0 saturated carbocycles. The third-order valence-electron chi connectivity index (χ3n) is 2.39. The van der Waals surface area contributed by atoms with Crippen molar-refractivity contribution in [2.24, 2.45) is 0 Å². The number of hydrogen-bond donors (Lipinski definition) is 1. The maximum absolute atomic E-state index is 5.47. The molecule has 2 N–H and O–H groups in total. The Kier molecular flexibility index (Phi) is 2.72. The molecule has 78 valence electrons. The number of aryl methyl sites for hydroxylation is 3. The number of anilines is 1. The van der Waals surface area contributed by atoms with E-state index < -0.39 is 0 Å². The molecule has 0 aliphatic heterocycles. The van der Waals surface area contributed by atoms with Crippen LogP contribution >= 0.6 is 0 Å². The van der Waals surface area contributed by atoms with Gasteiger partial charge in [0.25, 0.3) is 6.01 Å². The number of rotatable bonds is 3. The normalized spacial score (nSPS) is 10.5. The second kappa shape index (κ2) is 4.17. The zero-order chi connectivity index (χ0) is 10.7. The average Bonchev–Trinajstić information content (AvgIpc) is 2.56. The maximum Gasteiger partial charge on any atom is 0.292 e. The Morgan fingerprint density at radius 1 is 1.20 bits per heavy atom. The Morgan fingerprint density at radius 3 is 2.53 bits per heavy atom. The van der Waals surface area contributed by atoms with Gasteiger partial charge in [-0.25, -0.2) is 0 Å². The van der Waals surface area contributed by atoms with Gasteiger partial charge >= 0.3 is 0 Å². The molecule has 2 aromatic rings. The van der Waals surface area contributed by atoms with Crippen LogP contribution in [0.15, 0.2) is 34.7 Å². The Morgan fingerprint density at radius 2 is 1.93 bits per heavy atom. The smallest absolute Gasteiger partial charge is 0.292 e. The van der Waals surface area contributed by atoms with Crippen molar-refractivity contribution >= 4 is 6.01 Å². The molecule has 0 aliphatic rings. The van der Waals surface area contributed by atoms with Crippen molar-refractivity contribution in [3.05, 3.63) is 47.3 Å². The van der Waals surface area contributed by atoms with Crippen LogP contribution < -0.4 is 5.73 Å². The van der Waals surface area contributed by atoms with Crippen molar-refractivity contribution in [2.75, 3.05) is 5.73 Å². The monoisotopic (exact) mass is 202 g/mol. The van der Waals surface area contributed by atoms with Gasteiger partial charge in [0.2, 0.25) is 0 Å². The van der Waals surface area contributed by atoms with Gasteiger partial charge in [0, 0.05) is 6.42 Å². The molecule has 15 heavy (non-hydrogen) atoms. The lowest BCUT2D eigenvalue weighted by atomic mass is 10.1. The van der Waals surface area contributed by atoms with Gasteiger partial charge in [-0.05, 0) is 18.9 Å². The van der Waals surface area contributed by atoms with Gasteiger partial charge in [-0.2, -0.15) is 4.98 Å². The Labute approximate surface area is 88.9 Å². The summed E-state index contributed by atoms with van der Waals surface area (Å²) < 4.78 is 5.30. The molecular weight excluding hydrogens is 188 g/mol.